The molecule has 2 atom stereocenters. The van der Waals surface area contributed by atoms with Crippen molar-refractivity contribution in [1.82, 2.24) is 4.90 Å². The number of hydrogen-bond acceptors (Lipinski definition) is 5. The normalized spacial score (nSPS) is 18.6. The Balaban J connectivity index is 1.91. The molecule has 2 aromatic carbocycles. The van der Waals surface area contributed by atoms with Crippen LogP contribution in [0.3, 0.4) is 0 Å². The van der Waals surface area contributed by atoms with Crippen LogP contribution in [0.15, 0.2) is 72.8 Å². The van der Waals surface area contributed by atoms with Gasteiger partial charge in [-0.1, -0.05) is 36.4 Å². The highest BCUT2D eigenvalue weighted by Crippen LogP contribution is 2.33. The van der Waals surface area contributed by atoms with E-state index in [4.69, 9.17) is 4.74 Å². The van der Waals surface area contributed by atoms with Gasteiger partial charge >= 0.3 is 18.7 Å². The molecule has 0 aliphatic heterocycles. The fourth-order valence-corrected chi connectivity index (χ4v) is 3.74. The summed E-state index contributed by atoms with van der Waals surface area (Å²) in [7, 11) is 3.62. The molecule has 1 aliphatic rings. The molecular weight excluding hydrogens is 521 g/mol. The molecule has 0 saturated heterocycles. The maximum atomic E-state index is 13.4. The number of nitrogens with zero attached hydrogens (tertiary/aromatic N) is 2. The Hall–Kier alpha value is -3.25. The van der Waals surface area contributed by atoms with Gasteiger partial charge in [-0.2, -0.15) is 30.7 Å². The molecule has 12 heteroatoms. The summed E-state index contributed by atoms with van der Waals surface area (Å²) in [5.74, 6) is -0.262. The fraction of sp³-hybridized carbons (Fsp3) is 0.385. The van der Waals surface area contributed by atoms with E-state index in [9.17, 15) is 35.8 Å². The number of likely N-dealkylation sites (N-methyl/N-ethyl adjacent to an activating group) is 1. The van der Waals surface area contributed by atoms with E-state index >= 15 is 0 Å². The summed E-state index contributed by atoms with van der Waals surface area (Å²) in [5, 5.41) is 9.78. The zero-order valence-electron chi connectivity index (χ0n) is 20.5. The van der Waals surface area contributed by atoms with Gasteiger partial charge in [0.05, 0.1) is 6.54 Å². The van der Waals surface area contributed by atoms with E-state index < -0.39 is 42.8 Å². The van der Waals surface area contributed by atoms with E-state index in [1.165, 1.54) is 29.2 Å². The molecule has 2 unspecified atom stereocenters. The van der Waals surface area contributed by atoms with E-state index in [1.54, 1.807) is 12.1 Å². The third-order valence-corrected chi connectivity index (χ3v) is 5.80. The zero-order chi connectivity index (χ0) is 28.1. The predicted octanol–water partition coefficient (Wildman–Crippen LogP) is 6.01. The highest BCUT2D eigenvalue weighted by Gasteiger charge is 2.44. The Morgan fingerprint density at radius 1 is 0.974 bits per heavy atom. The van der Waals surface area contributed by atoms with Crippen LogP contribution in [0.5, 0.6) is 11.5 Å². The molecule has 2 aromatic rings. The van der Waals surface area contributed by atoms with E-state index in [0.717, 1.165) is 12.1 Å². The first kappa shape index (κ1) is 29.3. The molecule has 0 aromatic heterocycles. The van der Waals surface area contributed by atoms with Gasteiger partial charge in [0.2, 0.25) is 0 Å². The second-order valence-electron chi connectivity index (χ2n) is 8.88. The number of anilines is 1. The van der Waals surface area contributed by atoms with Crippen LogP contribution < -0.4 is 14.4 Å². The van der Waals surface area contributed by atoms with Crippen LogP contribution in [0.4, 0.5) is 36.4 Å². The van der Waals surface area contributed by atoms with Crippen molar-refractivity contribution in [3.05, 3.63) is 78.4 Å². The van der Waals surface area contributed by atoms with Crippen LogP contribution >= 0.6 is 0 Å². The number of hydrogen-bond donors (Lipinski definition) is 1. The first-order chi connectivity index (χ1) is 17.7. The number of benzene rings is 2. The SMILES string of the molecule is CN(C)C1(Oc2cccc(N(Cc3cccc(OC(F)(F)C(F)F)c3)CC(O)C(F)(F)F)c2)C=CC=CC1. The van der Waals surface area contributed by atoms with Gasteiger partial charge in [0.1, 0.15) is 11.5 Å². The lowest BCUT2D eigenvalue weighted by atomic mass is 10.0. The molecule has 208 valence electrons. The molecule has 0 bridgehead atoms. The lowest BCUT2D eigenvalue weighted by molar-refractivity contribution is -0.253. The number of allylic oxidation sites excluding steroid dienone is 2. The van der Waals surface area contributed by atoms with Crippen LogP contribution in [0.1, 0.15) is 12.0 Å². The summed E-state index contributed by atoms with van der Waals surface area (Å²) >= 11 is 0. The van der Waals surface area contributed by atoms with Gasteiger partial charge in [0.15, 0.2) is 11.8 Å². The van der Waals surface area contributed by atoms with E-state index in [2.05, 4.69) is 4.74 Å². The standard InChI is InChI=1S/C26H27F7N2O3/c1-34(2)24(12-4-3-5-13-24)37-21-11-7-9-19(15-21)35(17-22(36)25(29,30)31)16-18-8-6-10-20(14-18)38-26(32,33)23(27)28/h3-12,14-15,22-23,36H,13,16-17H2,1-2H3. The van der Waals surface area contributed by atoms with E-state index in [0.29, 0.717) is 12.2 Å². The predicted molar refractivity (Wildman–Crippen MR) is 128 cm³/mol. The molecule has 0 amide bonds. The second-order valence-corrected chi connectivity index (χ2v) is 8.88. The maximum Gasteiger partial charge on any atom is 0.461 e. The van der Waals surface area contributed by atoms with Gasteiger partial charge in [-0.05, 0) is 50.0 Å². The second kappa shape index (κ2) is 11.6. The summed E-state index contributed by atoms with van der Waals surface area (Å²) in [6, 6.07) is 10.9. The van der Waals surface area contributed by atoms with E-state index in [1.807, 2.05) is 43.3 Å². The van der Waals surface area contributed by atoms with Crippen LogP contribution in [-0.4, -0.2) is 61.2 Å². The lowest BCUT2D eigenvalue weighted by Gasteiger charge is -2.38. The minimum Gasteiger partial charge on any atom is -0.469 e. The van der Waals surface area contributed by atoms with Gasteiger partial charge < -0.3 is 19.5 Å². The molecular formula is C26H27F7N2O3. The van der Waals surface area contributed by atoms with Crippen molar-refractivity contribution in [3.63, 3.8) is 0 Å². The molecule has 0 heterocycles. The third kappa shape index (κ3) is 7.41. The number of aliphatic hydroxyl groups excluding tert-OH is 1. The molecule has 5 nitrogen and oxygen atoms in total. The highest BCUT2D eigenvalue weighted by molar-refractivity contribution is 5.52. The van der Waals surface area contributed by atoms with Crippen molar-refractivity contribution in [2.24, 2.45) is 0 Å². The molecule has 0 spiro atoms. The minimum atomic E-state index is -4.93. The topological polar surface area (TPSA) is 45.2 Å². The molecule has 3 rings (SSSR count). The van der Waals surface area contributed by atoms with Crippen molar-refractivity contribution in [3.8, 4) is 11.5 Å². The Morgan fingerprint density at radius 3 is 2.26 bits per heavy atom. The smallest absolute Gasteiger partial charge is 0.461 e. The monoisotopic (exact) mass is 548 g/mol. The number of aliphatic hydroxyl groups is 1. The maximum absolute atomic E-state index is 13.4. The Kier molecular flexibility index (Phi) is 8.98. The van der Waals surface area contributed by atoms with Gasteiger partial charge in [0, 0.05) is 24.7 Å². The first-order valence-electron chi connectivity index (χ1n) is 11.5. The van der Waals surface area contributed by atoms with Gasteiger partial charge in [0.25, 0.3) is 0 Å². The number of halogens is 7. The summed E-state index contributed by atoms with van der Waals surface area (Å²) in [5.41, 5.74) is -0.427. The molecule has 0 radical (unpaired) electrons. The summed E-state index contributed by atoms with van der Waals surface area (Å²) in [6.07, 6.45) is -8.56. The molecule has 1 aliphatic carbocycles. The fourth-order valence-electron chi connectivity index (χ4n) is 3.74. The van der Waals surface area contributed by atoms with Crippen molar-refractivity contribution >= 4 is 5.69 Å². The zero-order valence-corrected chi connectivity index (χ0v) is 20.5. The molecule has 0 saturated carbocycles. The molecule has 1 N–H and O–H groups in total. The van der Waals surface area contributed by atoms with Crippen molar-refractivity contribution in [2.75, 3.05) is 25.5 Å². The van der Waals surface area contributed by atoms with Crippen LogP contribution in [0.2, 0.25) is 0 Å². The van der Waals surface area contributed by atoms with Gasteiger partial charge in [-0.25, -0.2) is 0 Å². The van der Waals surface area contributed by atoms with Gasteiger partial charge in [-0.3, -0.25) is 4.90 Å². The summed E-state index contributed by atoms with van der Waals surface area (Å²) in [4.78, 5) is 3.01. The lowest BCUT2D eigenvalue weighted by Crippen LogP contribution is -2.48. The van der Waals surface area contributed by atoms with Crippen molar-refractivity contribution in [2.45, 2.75) is 43.5 Å². The molecule has 38 heavy (non-hydrogen) atoms. The van der Waals surface area contributed by atoms with Crippen LogP contribution in [0.25, 0.3) is 0 Å². The average molecular weight is 548 g/mol. The average Bonchev–Trinajstić information content (AvgIpc) is 2.83. The first-order valence-corrected chi connectivity index (χ1v) is 11.5. The number of ether oxygens (including phenoxy) is 2. The quantitative estimate of drug-likeness (QED) is 0.276. The highest BCUT2D eigenvalue weighted by atomic mass is 19.4. The minimum absolute atomic E-state index is 0.179. The third-order valence-electron chi connectivity index (χ3n) is 5.80. The number of alkyl halides is 7. The van der Waals surface area contributed by atoms with Gasteiger partial charge in [-0.15, -0.1) is 0 Å². The van der Waals surface area contributed by atoms with Crippen LogP contribution in [-0.2, 0) is 6.54 Å². The van der Waals surface area contributed by atoms with E-state index in [-0.39, 0.29) is 17.8 Å². The Bertz CT molecular complexity index is 1140. The summed E-state index contributed by atoms with van der Waals surface area (Å²) in [6.45, 7) is -1.19. The van der Waals surface area contributed by atoms with Crippen molar-refractivity contribution < 1.29 is 45.3 Å². The molecule has 0 fully saturated rings. The number of rotatable bonds is 11. The summed E-state index contributed by atoms with van der Waals surface area (Å²) < 4.78 is 102. The Morgan fingerprint density at radius 2 is 1.66 bits per heavy atom. The van der Waals surface area contributed by atoms with Crippen molar-refractivity contribution in [1.29, 1.82) is 0 Å². The van der Waals surface area contributed by atoms with Crippen LogP contribution in [0, 0.1) is 0 Å². The largest absolute Gasteiger partial charge is 0.469 e. The Labute approximate surface area is 215 Å².